The molecule has 14 heavy (non-hydrogen) atoms. The smallest absolute Gasteiger partial charge is 0.0665 e. The van der Waals surface area contributed by atoms with Crippen LogP contribution in [0.3, 0.4) is 0 Å². The van der Waals surface area contributed by atoms with Crippen molar-refractivity contribution in [2.75, 3.05) is 0 Å². The Bertz CT molecular complexity index is 385. The second kappa shape index (κ2) is 5.28. The molecule has 0 fully saturated rings. The van der Waals surface area contributed by atoms with Crippen molar-refractivity contribution in [3.63, 3.8) is 0 Å². The molecule has 1 atom stereocenters. The molecule has 0 saturated heterocycles. The predicted octanol–water partition coefficient (Wildman–Crippen LogP) is 4.04. The maximum Gasteiger partial charge on any atom is 0.0665 e. The number of rotatable bonds is 2. The van der Waals surface area contributed by atoms with E-state index in [0.29, 0.717) is 0 Å². The lowest BCUT2D eigenvalue weighted by atomic mass is 10.1. The Hall–Kier alpha value is 0.130. The first-order valence-electron chi connectivity index (χ1n) is 3.79. The average Bonchev–Trinajstić information content (AvgIpc) is 2.72. The van der Waals surface area contributed by atoms with Crippen LogP contribution in [0.2, 0.25) is 0 Å². The fourth-order valence-electron chi connectivity index (χ4n) is 1.13. The molecule has 2 rings (SSSR count). The normalized spacial score (nSPS) is 12.1. The summed E-state index contributed by atoms with van der Waals surface area (Å²) in [6, 6.07) is 4.12. The summed E-state index contributed by atoms with van der Waals surface area (Å²) in [7, 11) is 0. The lowest BCUT2D eigenvalue weighted by molar-refractivity contribution is 0.895. The largest absolute Gasteiger partial charge is 0.320 e. The van der Waals surface area contributed by atoms with Gasteiger partial charge in [-0.25, -0.2) is 0 Å². The van der Waals surface area contributed by atoms with E-state index in [1.54, 1.807) is 22.7 Å². The monoisotopic (exact) mass is 309 g/mol. The molecule has 0 aromatic carbocycles. The summed E-state index contributed by atoms with van der Waals surface area (Å²) in [5.74, 6) is 0. The van der Waals surface area contributed by atoms with E-state index in [1.807, 2.05) is 11.4 Å². The van der Waals surface area contributed by atoms with Gasteiger partial charge in [-0.3, -0.25) is 0 Å². The lowest BCUT2D eigenvalue weighted by Gasteiger charge is -2.07. The molecule has 0 unspecified atom stereocenters. The molecule has 0 aliphatic heterocycles. The van der Waals surface area contributed by atoms with Gasteiger partial charge in [-0.15, -0.1) is 23.7 Å². The first-order chi connectivity index (χ1) is 6.29. The second-order valence-electron chi connectivity index (χ2n) is 2.67. The van der Waals surface area contributed by atoms with E-state index in [0.717, 1.165) is 4.47 Å². The minimum atomic E-state index is 0. The van der Waals surface area contributed by atoms with E-state index in [1.165, 1.54) is 10.4 Å². The topological polar surface area (TPSA) is 26.0 Å². The van der Waals surface area contributed by atoms with E-state index in [2.05, 4.69) is 32.8 Å². The first-order valence-corrected chi connectivity index (χ1v) is 6.41. The molecule has 1 nitrogen and oxygen atoms in total. The molecular formula is C9H9BrClNS2. The molecule has 0 saturated carbocycles. The molecule has 2 heterocycles. The van der Waals surface area contributed by atoms with Crippen molar-refractivity contribution in [1.82, 2.24) is 0 Å². The van der Waals surface area contributed by atoms with Crippen LogP contribution in [-0.2, 0) is 0 Å². The Morgan fingerprint density at radius 1 is 1.29 bits per heavy atom. The number of thiophene rings is 2. The van der Waals surface area contributed by atoms with Crippen molar-refractivity contribution in [2.24, 2.45) is 5.73 Å². The zero-order valence-electron chi connectivity index (χ0n) is 7.14. The third-order valence-electron chi connectivity index (χ3n) is 1.83. The van der Waals surface area contributed by atoms with Gasteiger partial charge in [0, 0.05) is 9.35 Å². The van der Waals surface area contributed by atoms with Crippen LogP contribution in [-0.4, -0.2) is 0 Å². The van der Waals surface area contributed by atoms with Gasteiger partial charge in [0.1, 0.15) is 0 Å². The highest BCUT2D eigenvalue weighted by Gasteiger charge is 2.13. The molecule has 0 bridgehead atoms. The Kier molecular flexibility index (Phi) is 4.60. The number of halogens is 2. The van der Waals surface area contributed by atoms with Gasteiger partial charge in [-0.2, -0.15) is 11.3 Å². The number of nitrogens with two attached hydrogens (primary N) is 1. The van der Waals surface area contributed by atoms with Gasteiger partial charge >= 0.3 is 0 Å². The summed E-state index contributed by atoms with van der Waals surface area (Å²) >= 11 is 6.86. The van der Waals surface area contributed by atoms with Crippen LogP contribution >= 0.6 is 51.0 Å². The van der Waals surface area contributed by atoms with Crippen LogP contribution in [0.5, 0.6) is 0 Å². The van der Waals surface area contributed by atoms with Crippen molar-refractivity contribution in [2.45, 2.75) is 6.04 Å². The van der Waals surface area contributed by atoms with Gasteiger partial charge in [-0.05, 0) is 49.8 Å². The van der Waals surface area contributed by atoms with E-state index in [9.17, 15) is 0 Å². The van der Waals surface area contributed by atoms with Crippen LogP contribution in [0.4, 0.5) is 0 Å². The Morgan fingerprint density at radius 2 is 2.07 bits per heavy atom. The molecule has 2 aromatic heterocycles. The summed E-state index contributed by atoms with van der Waals surface area (Å²) in [4.78, 5) is 1.19. The van der Waals surface area contributed by atoms with Crippen molar-refractivity contribution < 1.29 is 0 Å². The minimum Gasteiger partial charge on any atom is -0.320 e. The number of hydrogen-bond acceptors (Lipinski definition) is 3. The van der Waals surface area contributed by atoms with Gasteiger partial charge in [-0.1, -0.05) is 0 Å². The van der Waals surface area contributed by atoms with E-state index < -0.39 is 0 Å². The van der Waals surface area contributed by atoms with Gasteiger partial charge in [0.05, 0.1) is 6.04 Å². The molecule has 0 radical (unpaired) electrons. The Labute approximate surface area is 105 Å². The van der Waals surface area contributed by atoms with Crippen molar-refractivity contribution in [3.8, 4) is 0 Å². The molecule has 2 aromatic rings. The van der Waals surface area contributed by atoms with Crippen molar-refractivity contribution in [1.29, 1.82) is 0 Å². The van der Waals surface area contributed by atoms with Crippen LogP contribution in [0.25, 0.3) is 0 Å². The van der Waals surface area contributed by atoms with Crippen molar-refractivity contribution >= 4 is 51.0 Å². The fraction of sp³-hybridized carbons (Fsp3) is 0.111. The van der Waals surface area contributed by atoms with Crippen LogP contribution in [0.1, 0.15) is 16.5 Å². The van der Waals surface area contributed by atoms with Gasteiger partial charge < -0.3 is 5.73 Å². The predicted molar refractivity (Wildman–Crippen MR) is 69.6 cm³/mol. The second-order valence-corrected chi connectivity index (χ2v) is 5.25. The van der Waals surface area contributed by atoms with E-state index in [-0.39, 0.29) is 18.4 Å². The van der Waals surface area contributed by atoms with E-state index in [4.69, 9.17) is 5.73 Å². The van der Waals surface area contributed by atoms with Gasteiger partial charge in [0.15, 0.2) is 0 Å². The minimum absolute atomic E-state index is 0. The molecule has 0 aliphatic rings. The lowest BCUT2D eigenvalue weighted by Crippen LogP contribution is -2.09. The Morgan fingerprint density at radius 3 is 2.57 bits per heavy atom. The SMILES string of the molecule is Cl.N[C@H](c1ccsc1)c1sccc1Br. The molecule has 2 N–H and O–H groups in total. The first kappa shape index (κ1) is 12.2. The molecular weight excluding hydrogens is 302 g/mol. The van der Waals surface area contributed by atoms with Gasteiger partial charge in [0.2, 0.25) is 0 Å². The molecule has 0 spiro atoms. The zero-order chi connectivity index (χ0) is 9.26. The molecule has 5 heteroatoms. The maximum absolute atomic E-state index is 6.09. The maximum atomic E-state index is 6.09. The third-order valence-corrected chi connectivity index (χ3v) is 4.48. The summed E-state index contributed by atoms with van der Waals surface area (Å²) in [6.07, 6.45) is 0. The third kappa shape index (κ3) is 2.38. The van der Waals surface area contributed by atoms with Crippen molar-refractivity contribution in [3.05, 3.63) is 43.2 Å². The fourth-order valence-corrected chi connectivity index (χ4v) is 3.48. The number of hydrogen-bond donors (Lipinski definition) is 1. The highest BCUT2D eigenvalue weighted by atomic mass is 79.9. The molecule has 0 amide bonds. The quantitative estimate of drug-likeness (QED) is 0.890. The zero-order valence-corrected chi connectivity index (χ0v) is 11.2. The molecule has 0 aliphatic carbocycles. The standard InChI is InChI=1S/C9H8BrNS2.ClH/c10-7-2-4-13-9(7)8(11)6-1-3-12-5-6;/h1-5,8H,11H2;1H/t8-;/m1./s1. The average molecular weight is 311 g/mol. The molecule has 76 valence electrons. The van der Waals surface area contributed by atoms with Gasteiger partial charge in [0.25, 0.3) is 0 Å². The summed E-state index contributed by atoms with van der Waals surface area (Å²) < 4.78 is 1.11. The van der Waals surface area contributed by atoms with Crippen LogP contribution in [0.15, 0.2) is 32.7 Å². The van der Waals surface area contributed by atoms with E-state index >= 15 is 0 Å². The highest BCUT2D eigenvalue weighted by molar-refractivity contribution is 9.10. The summed E-state index contributed by atoms with van der Waals surface area (Å²) in [5.41, 5.74) is 7.28. The summed E-state index contributed by atoms with van der Waals surface area (Å²) in [6.45, 7) is 0. The Balaban J connectivity index is 0.000000980. The highest BCUT2D eigenvalue weighted by Crippen LogP contribution is 2.32. The van der Waals surface area contributed by atoms with Crippen LogP contribution in [0, 0.1) is 0 Å². The van der Waals surface area contributed by atoms with Crippen LogP contribution < -0.4 is 5.73 Å². The summed E-state index contributed by atoms with van der Waals surface area (Å²) in [5, 5.41) is 6.19.